The summed E-state index contributed by atoms with van der Waals surface area (Å²) in [6, 6.07) is 5.75. The number of carbonyl (C=O) groups excluding carboxylic acids is 1. The Morgan fingerprint density at radius 1 is 1.47 bits per heavy atom. The van der Waals surface area contributed by atoms with Crippen LogP contribution in [0.1, 0.15) is 25.0 Å². The van der Waals surface area contributed by atoms with Crippen LogP contribution in [0.25, 0.3) is 6.08 Å². The van der Waals surface area contributed by atoms with Crippen molar-refractivity contribution in [1.29, 1.82) is 0 Å². The minimum Gasteiger partial charge on any atom is -0.398 e. The van der Waals surface area contributed by atoms with Crippen LogP contribution in [0.2, 0.25) is 0 Å². The maximum absolute atomic E-state index is 11.4. The van der Waals surface area contributed by atoms with E-state index in [1.54, 1.807) is 6.08 Å². The van der Waals surface area contributed by atoms with Gasteiger partial charge < -0.3 is 11.1 Å². The van der Waals surface area contributed by atoms with Crippen molar-refractivity contribution in [3.63, 3.8) is 0 Å². The Labute approximate surface area is 103 Å². The second kappa shape index (κ2) is 6.09. The molecule has 0 fully saturated rings. The Kier molecular flexibility index (Phi) is 4.76. The number of carbonyl (C=O) groups is 1. The molecule has 0 aromatic heterocycles. The number of nitrogens with two attached hydrogens (primary N) is 1. The minimum atomic E-state index is -0.0714. The van der Waals surface area contributed by atoms with Crippen LogP contribution in [0.5, 0.6) is 0 Å². The summed E-state index contributed by atoms with van der Waals surface area (Å²) >= 11 is 0. The largest absolute Gasteiger partial charge is 0.398 e. The molecule has 0 saturated carbocycles. The van der Waals surface area contributed by atoms with Gasteiger partial charge in [0.2, 0.25) is 5.91 Å². The Morgan fingerprint density at radius 2 is 2.18 bits per heavy atom. The van der Waals surface area contributed by atoms with E-state index in [0.29, 0.717) is 12.5 Å². The molecule has 0 spiro atoms. The highest BCUT2D eigenvalue weighted by molar-refractivity contribution is 5.91. The maximum Gasteiger partial charge on any atom is 0.244 e. The van der Waals surface area contributed by atoms with Gasteiger partial charge in [0.05, 0.1) is 0 Å². The van der Waals surface area contributed by atoms with E-state index in [2.05, 4.69) is 19.2 Å². The Hall–Kier alpha value is -1.77. The predicted octanol–water partition coefficient (Wildman–Crippen LogP) is 2.36. The molecule has 0 aliphatic rings. The average Bonchev–Trinajstić information content (AvgIpc) is 2.28. The van der Waals surface area contributed by atoms with Gasteiger partial charge >= 0.3 is 0 Å². The monoisotopic (exact) mass is 232 g/mol. The molecule has 3 nitrogen and oxygen atoms in total. The lowest BCUT2D eigenvalue weighted by molar-refractivity contribution is -0.116. The van der Waals surface area contributed by atoms with Crippen LogP contribution in [0.15, 0.2) is 24.3 Å². The number of amides is 1. The van der Waals surface area contributed by atoms with Crippen LogP contribution in [0.4, 0.5) is 5.69 Å². The van der Waals surface area contributed by atoms with Crippen LogP contribution in [0.3, 0.4) is 0 Å². The Balaban J connectivity index is 2.58. The molecular formula is C14H20N2O. The van der Waals surface area contributed by atoms with E-state index in [4.69, 9.17) is 5.73 Å². The van der Waals surface area contributed by atoms with Gasteiger partial charge in [-0.05, 0) is 36.1 Å². The van der Waals surface area contributed by atoms with Crippen molar-refractivity contribution in [2.75, 3.05) is 12.3 Å². The number of hydrogen-bond acceptors (Lipinski definition) is 2. The van der Waals surface area contributed by atoms with Crippen molar-refractivity contribution in [2.45, 2.75) is 20.8 Å². The molecule has 0 aliphatic carbocycles. The first-order valence-corrected chi connectivity index (χ1v) is 5.81. The van der Waals surface area contributed by atoms with Gasteiger partial charge in [-0.2, -0.15) is 0 Å². The van der Waals surface area contributed by atoms with E-state index < -0.39 is 0 Å². The lowest BCUT2D eigenvalue weighted by atomic mass is 10.1. The minimum absolute atomic E-state index is 0.0714. The number of anilines is 1. The van der Waals surface area contributed by atoms with Crippen LogP contribution in [-0.4, -0.2) is 12.5 Å². The molecule has 92 valence electrons. The normalized spacial score (nSPS) is 11.1. The van der Waals surface area contributed by atoms with E-state index in [0.717, 1.165) is 16.8 Å². The molecule has 0 atom stereocenters. The molecule has 3 heteroatoms. The summed E-state index contributed by atoms with van der Waals surface area (Å²) < 4.78 is 0. The molecule has 0 aliphatic heterocycles. The SMILES string of the molecule is Cc1ccc(/C=C/C(=O)NCC(C)C)cc1N. The van der Waals surface area contributed by atoms with Crippen molar-refractivity contribution >= 4 is 17.7 Å². The molecule has 1 aromatic rings. The predicted molar refractivity (Wildman–Crippen MR) is 72.5 cm³/mol. The van der Waals surface area contributed by atoms with E-state index in [-0.39, 0.29) is 5.91 Å². The van der Waals surface area contributed by atoms with Gasteiger partial charge in [0.25, 0.3) is 0 Å². The third kappa shape index (κ3) is 4.72. The zero-order valence-electron chi connectivity index (χ0n) is 10.7. The number of rotatable bonds is 4. The smallest absolute Gasteiger partial charge is 0.244 e. The van der Waals surface area contributed by atoms with Gasteiger partial charge in [0.1, 0.15) is 0 Å². The number of nitrogen functional groups attached to an aromatic ring is 1. The summed E-state index contributed by atoms with van der Waals surface area (Å²) in [5, 5.41) is 2.82. The summed E-state index contributed by atoms with van der Waals surface area (Å²) in [5.74, 6) is 0.389. The first-order valence-electron chi connectivity index (χ1n) is 5.81. The first-order chi connectivity index (χ1) is 7.99. The molecule has 1 aromatic carbocycles. The van der Waals surface area contributed by atoms with Crippen molar-refractivity contribution in [3.05, 3.63) is 35.4 Å². The van der Waals surface area contributed by atoms with E-state index >= 15 is 0 Å². The Morgan fingerprint density at radius 3 is 2.76 bits per heavy atom. The van der Waals surface area contributed by atoms with E-state index in [1.807, 2.05) is 25.1 Å². The maximum atomic E-state index is 11.4. The van der Waals surface area contributed by atoms with Gasteiger partial charge in [-0.15, -0.1) is 0 Å². The topological polar surface area (TPSA) is 55.1 Å². The second-order valence-electron chi connectivity index (χ2n) is 4.59. The molecule has 1 rings (SSSR count). The van der Waals surface area contributed by atoms with Crippen molar-refractivity contribution < 1.29 is 4.79 Å². The quantitative estimate of drug-likeness (QED) is 0.618. The second-order valence-corrected chi connectivity index (χ2v) is 4.59. The molecule has 0 saturated heterocycles. The summed E-state index contributed by atoms with van der Waals surface area (Å²) in [6.45, 7) is 6.77. The van der Waals surface area contributed by atoms with Gasteiger partial charge in [0.15, 0.2) is 0 Å². The molecule has 3 N–H and O–H groups in total. The Bertz CT molecular complexity index is 422. The molecule has 0 radical (unpaired) electrons. The molecule has 0 heterocycles. The molecular weight excluding hydrogens is 212 g/mol. The zero-order chi connectivity index (χ0) is 12.8. The fraction of sp³-hybridized carbons (Fsp3) is 0.357. The van der Waals surface area contributed by atoms with E-state index in [1.165, 1.54) is 6.08 Å². The summed E-state index contributed by atoms with van der Waals surface area (Å²) in [5.41, 5.74) is 8.52. The lowest BCUT2D eigenvalue weighted by Gasteiger charge is -2.04. The molecule has 1 amide bonds. The summed E-state index contributed by atoms with van der Waals surface area (Å²) in [4.78, 5) is 11.4. The highest BCUT2D eigenvalue weighted by atomic mass is 16.1. The number of nitrogens with one attached hydrogen (secondary N) is 1. The lowest BCUT2D eigenvalue weighted by Crippen LogP contribution is -2.25. The van der Waals surface area contributed by atoms with Crippen LogP contribution in [-0.2, 0) is 4.79 Å². The summed E-state index contributed by atoms with van der Waals surface area (Å²) in [7, 11) is 0. The third-order valence-corrected chi connectivity index (χ3v) is 2.41. The van der Waals surface area contributed by atoms with Crippen molar-refractivity contribution in [3.8, 4) is 0 Å². The average molecular weight is 232 g/mol. The molecule has 17 heavy (non-hydrogen) atoms. The third-order valence-electron chi connectivity index (χ3n) is 2.41. The van der Waals surface area contributed by atoms with Gasteiger partial charge in [-0.1, -0.05) is 26.0 Å². The standard InChI is InChI=1S/C14H20N2O/c1-10(2)9-16-14(17)7-6-12-5-4-11(3)13(15)8-12/h4-8,10H,9,15H2,1-3H3,(H,16,17)/b7-6+. The highest BCUT2D eigenvalue weighted by Gasteiger charge is 1.98. The van der Waals surface area contributed by atoms with Crippen LogP contribution < -0.4 is 11.1 Å². The van der Waals surface area contributed by atoms with E-state index in [9.17, 15) is 4.79 Å². The van der Waals surface area contributed by atoms with Crippen LogP contribution >= 0.6 is 0 Å². The number of aryl methyl sites for hydroxylation is 1. The number of benzene rings is 1. The first kappa shape index (κ1) is 13.3. The highest BCUT2D eigenvalue weighted by Crippen LogP contribution is 2.13. The van der Waals surface area contributed by atoms with Crippen LogP contribution in [0, 0.1) is 12.8 Å². The number of hydrogen-bond donors (Lipinski definition) is 2. The molecule has 0 bridgehead atoms. The molecule has 0 unspecified atom stereocenters. The van der Waals surface area contributed by atoms with Gasteiger partial charge in [-0.3, -0.25) is 4.79 Å². The zero-order valence-corrected chi connectivity index (χ0v) is 10.7. The van der Waals surface area contributed by atoms with Gasteiger partial charge in [-0.25, -0.2) is 0 Å². The van der Waals surface area contributed by atoms with Gasteiger partial charge in [0, 0.05) is 18.3 Å². The van der Waals surface area contributed by atoms with Crippen molar-refractivity contribution in [2.24, 2.45) is 5.92 Å². The fourth-order valence-corrected chi connectivity index (χ4v) is 1.30. The van der Waals surface area contributed by atoms with Crippen molar-refractivity contribution in [1.82, 2.24) is 5.32 Å². The summed E-state index contributed by atoms with van der Waals surface area (Å²) in [6.07, 6.45) is 3.30. The fourth-order valence-electron chi connectivity index (χ4n) is 1.30.